The fourth-order valence-electron chi connectivity index (χ4n) is 5.43. The van der Waals surface area contributed by atoms with Crippen molar-refractivity contribution in [2.75, 3.05) is 6.54 Å². The Morgan fingerprint density at radius 3 is 1.93 bits per heavy atom. The van der Waals surface area contributed by atoms with Gasteiger partial charge in [0, 0.05) is 57.8 Å². The van der Waals surface area contributed by atoms with E-state index < -0.39 is 5.92 Å². The fraction of sp³-hybridized carbons (Fsp3) is 0.265. The Labute approximate surface area is 246 Å². The molecule has 8 nitrogen and oxygen atoms in total. The van der Waals surface area contributed by atoms with Crippen molar-refractivity contribution in [3.8, 4) is 23.5 Å². The Kier molecular flexibility index (Phi) is 8.03. The molecule has 1 atom stereocenters. The van der Waals surface area contributed by atoms with Gasteiger partial charge in [-0.1, -0.05) is 5.92 Å². The molecule has 5 rings (SSSR count). The van der Waals surface area contributed by atoms with Crippen LogP contribution in [-0.2, 0) is 6.42 Å². The van der Waals surface area contributed by atoms with Crippen LogP contribution in [0.5, 0.6) is 0 Å². The molecule has 42 heavy (non-hydrogen) atoms. The lowest BCUT2D eigenvalue weighted by atomic mass is 9.94. The van der Waals surface area contributed by atoms with Crippen LogP contribution in [0.1, 0.15) is 62.3 Å². The highest BCUT2D eigenvalue weighted by Gasteiger charge is 2.21. The maximum atomic E-state index is 11.7. The molecule has 0 fully saturated rings. The SMILES string of the molecule is Cc1cc(C#Cc2cncc(C(Cc3cc(C)cc(-n4c(C)ccc4C)n3)C[N+](=O)[O-])c2)nc(-n2c(C)ccc2C)c1. The third-order valence-corrected chi connectivity index (χ3v) is 7.36. The summed E-state index contributed by atoms with van der Waals surface area (Å²) in [4.78, 5) is 25.5. The smallest absolute Gasteiger partial charge is 0.211 e. The van der Waals surface area contributed by atoms with Gasteiger partial charge in [-0.3, -0.25) is 15.1 Å². The second-order valence-electron chi connectivity index (χ2n) is 11.0. The molecule has 1 unspecified atom stereocenters. The molecule has 0 saturated heterocycles. The summed E-state index contributed by atoms with van der Waals surface area (Å²) in [6.45, 7) is 12.0. The van der Waals surface area contributed by atoms with Gasteiger partial charge < -0.3 is 9.13 Å². The Balaban J connectivity index is 1.45. The number of rotatable bonds is 7. The number of hydrogen-bond donors (Lipinski definition) is 0. The van der Waals surface area contributed by atoms with Crippen molar-refractivity contribution in [3.05, 3.63) is 134 Å². The van der Waals surface area contributed by atoms with Crippen LogP contribution in [0.25, 0.3) is 11.6 Å². The number of nitrogens with zero attached hydrogens (tertiary/aromatic N) is 6. The van der Waals surface area contributed by atoms with E-state index in [1.165, 1.54) is 0 Å². The highest BCUT2D eigenvalue weighted by atomic mass is 16.6. The molecule has 0 saturated carbocycles. The highest BCUT2D eigenvalue weighted by Crippen LogP contribution is 2.24. The number of aromatic nitrogens is 5. The molecule has 0 bridgehead atoms. The van der Waals surface area contributed by atoms with Crippen LogP contribution < -0.4 is 0 Å². The van der Waals surface area contributed by atoms with Gasteiger partial charge in [0.2, 0.25) is 6.54 Å². The number of pyridine rings is 3. The van der Waals surface area contributed by atoms with E-state index in [-0.39, 0.29) is 11.5 Å². The Morgan fingerprint density at radius 2 is 1.33 bits per heavy atom. The maximum Gasteiger partial charge on any atom is 0.211 e. The van der Waals surface area contributed by atoms with Crippen LogP contribution in [0.15, 0.2) is 67.0 Å². The largest absolute Gasteiger partial charge is 0.303 e. The molecule has 0 aliphatic heterocycles. The first-order valence-electron chi connectivity index (χ1n) is 13.9. The minimum Gasteiger partial charge on any atom is -0.303 e. The average Bonchev–Trinajstić information content (AvgIpc) is 3.45. The number of aryl methyl sites for hydroxylation is 6. The van der Waals surface area contributed by atoms with E-state index in [9.17, 15) is 10.1 Å². The number of nitro groups is 1. The summed E-state index contributed by atoms with van der Waals surface area (Å²) in [6.07, 6.45) is 3.78. The lowest BCUT2D eigenvalue weighted by Gasteiger charge is -2.16. The van der Waals surface area contributed by atoms with Crippen molar-refractivity contribution in [3.63, 3.8) is 0 Å². The fourth-order valence-corrected chi connectivity index (χ4v) is 5.43. The van der Waals surface area contributed by atoms with E-state index in [0.717, 1.165) is 56.8 Å². The normalized spacial score (nSPS) is 11.7. The average molecular weight is 559 g/mol. The topological polar surface area (TPSA) is 91.7 Å². The Bertz CT molecular complexity index is 1810. The van der Waals surface area contributed by atoms with Crippen molar-refractivity contribution in [1.82, 2.24) is 24.1 Å². The zero-order valence-corrected chi connectivity index (χ0v) is 24.8. The molecule has 5 aromatic heterocycles. The first kappa shape index (κ1) is 28.5. The molecule has 0 spiro atoms. The van der Waals surface area contributed by atoms with Gasteiger partial charge in [0.1, 0.15) is 17.3 Å². The van der Waals surface area contributed by atoms with Crippen LogP contribution >= 0.6 is 0 Å². The molecule has 0 aliphatic carbocycles. The van der Waals surface area contributed by atoms with Crippen LogP contribution in [0.4, 0.5) is 0 Å². The van der Waals surface area contributed by atoms with Crippen molar-refractivity contribution in [2.45, 2.75) is 53.9 Å². The van der Waals surface area contributed by atoms with Gasteiger partial charge in [0.25, 0.3) is 0 Å². The maximum absolute atomic E-state index is 11.7. The van der Waals surface area contributed by atoms with Crippen LogP contribution in [0.2, 0.25) is 0 Å². The van der Waals surface area contributed by atoms with Gasteiger partial charge in [-0.25, -0.2) is 9.97 Å². The minimum atomic E-state index is -0.411. The zero-order chi connectivity index (χ0) is 30.0. The third kappa shape index (κ3) is 6.31. The molecule has 0 radical (unpaired) electrons. The summed E-state index contributed by atoms with van der Waals surface area (Å²) in [7, 11) is 0. The third-order valence-electron chi connectivity index (χ3n) is 7.36. The van der Waals surface area contributed by atoms with E-state index >= 15 is 0 Å². The second kappa shape index (κ2) is 11.8. The van der Waals surface area contributed by atoms with Gasteiger partial charge in [0.05, 0.1) is 5.92 Å². The second-order valence-corrected chi connectivity index (χ2v) is 11.0. The highest BCUT2D eigenvalue weighted by molar-refractivity contribution is 5.45. The molecular formula is C34H34N6O2. The minimum absolute atomic E-state index is 0.233. The molecular weight excluding hydrogens is 524 g/mol. The van der Waals surface area contributed by atoms with E-state index in [1.807, 2.05) is 58.0 Å². The summed E-state index contributed by atoms with van der Waals surface area (Å²) < 4.78 is 4.20. The van der Waals surface area contributed by atoms with Crippen molar-refractivity contribution < 1.29 is 4.92 Å². The zero-order valence-electron chi connectivity index (χ0n) is 24.8. The molecule has 0 aliphatic rings. The molecule has 5 heterocycles. The quantitative estimate of drug-likeness (QED) is 0.133. The van der Waals surface area contributed by atoms with Crippen molar-refractivity contribution in [2.24, 2.45) is 0 Å². The number of hydrogen-bond acceptors (Lipinski definition) is 5. The molecule has 0 N–H and O–H groups in total. The van der Waals surface area contributed by atoms with Gasteiger partial charge in [-0.15, -0.1) is 0 Å². The summed E-state index contributed by atoms with van der Waals surface area (Å²) in [5.41, 5.74) is 9.37. The van der Waals surface area contributed by atoms with E-state index in [4.69, 9.17) is 9.97 Å². The molecule has 0 amide bonds. The first-order chi connectivity index (χ1) is 20.1. The summed E-state index contributed by atoms with van der Waals surface area (Å²) >= 11 is 0. The predicted molar refractivity (Wildman–Crippen MR) is 164 cm³/mol. The molecule has 212 valence electrons. The summed E-state index contributed by atoms with van der Waals surface area (Å²) in [5, 5.41) is 11.7. The van der Waals surface area contributed by atoms with Gasteiger partial charge in [-0.2, -0.15) is 0 Å². The first-order valence-corrected chi connectivity index (χ1v) is 13.9. The van der Waals surface area contributed by atoms with Crippen molar-refractivity contribution in [1.29, 1.82) is 0 Å². The lowest BCUT2D eigenvalue weighted by Crippen LogP contribution is -2.17. The molecule has 8 heteroatoms. The monoisotopic (exact) mass is 558 g/mol. The Hall–Kier alpha value is -5.03. The van der Waals surface area contributed by atoms with E-state index in [1.54, 1.807) is 12.4 Å². The Morgan fingerprint density at radius 1 is 0.762 bits per heavy atom. The van der Waals surface area contributed by atoms with Gasteiger partial charge >= 0.3 is 0 Å². The van der Waals surface area contributed by atoms with E-state index in [2.05, 4.69) is 64.1 Å². The van der Waals surface area contributed by atoms with Crippen LogP contribution in [0, 0.1) is 63.5 Å². The van der Waals surface area contributed by atoms with Crippen LogP contribution in [0.3, 0.4) is 0 Å². The lowest BCUT2D eigenvalue weighted by molar-refractivity contribution is -0.483. The van der Waals surface area contributed by atoms with Crippen molar-refractivity contribution >= 4 is 0 Å². The molecule has 5 aromatic rings. The van der Waals surface area contributed by atoms with E-state index in [0.29, 0.717) is 17.7 Å². The summed E-state index contributed by atoms with van der Waals surface area (Å²) in [6, 6.07) is 18.2. The van der Waals surface area contributed by atoms with Gasteiger partial charge in [0.15, 0.2) is 0 Å². The van der Waals surface area contributed by atoms with Gasteiger partial charge in [-0.05, 0) is 119 Å². The summed E-state index contributed by atoms with van der Waals surface area (Å²) in [5.74, 6) is 7.59. The van der Waals surface area contributed by atoms with Crippen LogP contribution in [-0.4, -0.2) is 35.6 Å². The molecule has 0 aromatic carbocycles. The predicted octanol–water partition coefficient (Wildman–Crippen LogP) is 6.31. The standard InChI is InChI=1S/C34H34N6O2/c1-22-13-31(36-33(15-22)39-24(3)7-8-25(39)4)12-11-28-17-29(20-35-19-28)30(21-38(41)42)18-32-14-23(2)16-34(37-32)40-26(5)9-10-27(40)6/h7-10,13-17,19-20,30H,18,21H2,1-6H3.